The summed E-state index contributed by atoms with van der Waals surface area (Å²) in [5.74, 6) is 0.865. The number of aromatic nitrogens is 3. The van der Waals surface area contributed by atoms with E-state index in [-0.39, 0.29) is 24.6 Å². The Morgan fingerprint density at radius 3 is 2.74 bits per heavy atom. The first-order valence-electron chi connectivity index (χ1n) is 10.2. The first-order chi connectivity index (χ1) is 15.1. The molecule has 2 aromatic heterocycles. The second-order valence-electron chi connectivity index (χ2n) is 7.30. The summed E-state index contributed by atoms with van der Waals surface area (Å²) in [6.07, 6.45) is 4.87. The van der Waals surface area contributed by atoms with E-state index in [9.17, 15) is 9.59 Å². The van der Waals surface area contributed by atoms with E-state index in [2.05, 4.69) is 20.2 Å². The van der Waals surface area contributed by atoms with Crippen molar-refractivity contribution in [3.8, 4) is 11.5 Å². The van der Waals surface area contributed by atoms with Gasteiger partial charge in [0, 0.05) is 25.2 Å². The first kappa shape index (κ1) is 21.1. The van der Waals surface area contributed by atoms with Crippen LogP contribution in [0.1, 0.15) is 24.8 Å². The van der Waals surface area contributed by atoms with Gasteiger partial charge in [0.1, 0.15) is 17.6 Å². The quantitative estimate of drug-likeness (QED) is 0.598. The van der Waals surface area contributed by atoms with E-state index in [1.54, 1.807) is 20.3 Å². The summed E-state index contributed by atoms with van der Waals surface area (Å²) in [5, 5.41) is 3.65. The molecule has 3 heterocycles. The number of carbonyl (C=O) groups excluding carboxylic acids is 1. The number of anilines is 1. The van der Waals surface area contributed by atoms with Crippen LogP contribution in [0.15, 0.2) is 29.3 Å². The third-order valence-corrected chi connectivity index (χ3v) is 6.37. The lowest BCUT2D eigenvalue weighted by Gasteiger charge is -2.25. The first-order valence-corrected chi connectivity index (χ1v) is 11.0. The molecular formula is C21H25N5O4S. The molecule has 164 valence electrons. The summed E-state index contributed by atoms with van der Waals surface area (Å²) in [4.78, 5) is 36.4. The molecule has 1 saturated heterocycles. The number of hydrogen-bond donors (Lipinski definition) is 1. The fourth-order valence-corrected chi connectivity index (χ4v) is 4.69. The van der Waals surface area contributed by atoms with Gasteiger partial charge < -0.3 is 19.7 Å². The minimum atomic E-state index is -0.297. The Hall–Kier alpha value is -3.14. The van der Waals surface area contributed by atoms with Gasteiger partial charge in [-0.25, -0.2) is 4.98 Å². The van der Waals surface area contributed by atoms with Gasteiger partial charge in [-0.1, -0.05) is 23.5 Å². The average molecular weight is 444 g/mol. The number of benzene rings is 1. The number of nitrogens with zero attached hydrogens (tertiary/aromatic N) is 4. The summed E-state index contributed by atoms with van der Waals surface area (Å²) in [5.41, 5.74) is 0.970. The van der Waals surface area contributed by atoms with Crippen molar-refractivity contribution in [3.63, 3.8) is 0 Å². The molecule has 3 aromatic rings. The number of piperidine rings is 1. The van der Waals surface area contributed by atoms with Crippen molar-refractivity contribution in [2.75, 3.05) is 32.2 Å². The Labute approximate surface area is 183 Å². The maximum atomic E-state index is 12.9. The molecule has 31 heavy (non-hydrogen) atoms. The molecule has 0 bridgehead atoms. The van der Waals surface area contributed by atoms with Crippen molar-refractivity contribution in [2.45, 2.75) is 32.4 Å². The van der Waals surface area contributed by atoms with E-state index in [0.717, 1.165) is 36.6 Å². The Morgan fingerprint density at radius 2 is 2.00 bits per heavy atom. The third-order valence-electron chi connectivity index (χ3n) is 5.27. The Morgan fingerprint density at radius 1 is 1.19 bits per heavy atom. The molecule has 1 N–H and O–H groups in total. The molecule has 1 aliphatic heterocycles. The highest BCUT2D eigenvalue weighted by Gasteiger charge is 2.18. The zero-order chi connectivity index (χ0) is 21.8. The zero-order valence-electron chi connectivity index (χ0n) is 17.6. The third kappa shape index (κ3) is 4.48. The molecule has 0 aliphatic carbocycles. The van der Waals surface area contributed by atoms with Gasteiger partial charge in [0.15, 0.2) is 22.3 Å². The van der Waals surface area contributed by atoms with Crippen molar-refractivity contribution < 1.29 is 14.3 Å². The van der Waals surface area contributed by atoms with Crippen LogP contribution in [-0.2, 0) is 17.9 Å². The maximum Gasteiger partial charge on any atom is 0.273 e. The van der Waals surface area contributed by atoms with Crippen LogP contribution >= 0.6 is 11.3 Å². The molecule has 1 amide bonds. The lowest BCUT2D eigenvalue weighted by atomic mass is 10.1. The smallest absolute Gasteiger partial charge is 0.273 e. The molecule has 0 unspecified atom stereocenters. The highest BCUT2D eigenvalue weighted by Crippen LogP contribution is 2.30. The van der Waals surface area contributed by atoms with Gasteiger partial charge in [0.2, 0.25) is 5.91 Å². The summed E-state index contributed by atoms with van der Waals surface area (Å²) in [6.45, 7) is 2.03. The van der Waals surface area contributed by atoms with E-state index >= 15 is 0 Å². The van der Waals surface area contributed by atoms with Crippen LogP contribution in [0.25, 0.3) is 10.3 Å². The number of fused-ring (bicyclic) bond motifs is 1. The van der Waals surface area contributed by atoms with E-state index < -0.39 is 0 Å². The van der Waals surface area contributed by atoms with Gasteiger partial charge in [-0.2, -0.15) is 4.98 Å². The minimum Gasteiger partial charge on any atom is -0.493 e. The Kier molecular flexibility index (Phi) is 6.36. The van der Waals surface area contributed by atoms with Crippen molar-refractivity contribution in [3.05, 3.63) is 40.4 Å². The normalized spacial score (nSPS) is 13.9. The fraction of sp³-hybridized carbons (Fsp3) is 0.429. The van der Waals surface area contributed by atoms with E-state index in [1.807, 2.05) is 12.1 Å². The molecule has 4 rings (SSSR count). The summed E-state index contributed by atoms with van der Waals surface area (Å²) in [6, 6.07) is 5.47. The Balaban J connectivity index is 1.46. The molecular weight excluding hydrogens is 418 g/mol. The molecule has 10 heteroatoms. The van der Waals surface area contributed by atoms with Crippen LogP contribution in [0.3, 0.4) is 0 Å². The number of nitrogens with one attached hydrogen (secondary N) is 1. The number of hydrogen-bond acceptors (Lipinski definition) is 8. The predicted molar refractivity (Wildman–Crippen MR) is 119 cm³/mol. The van der Waals surface area contributed by atoms with Crippen molar-refractivity contribution in [2.24, 2.45) is 0 Å². The monoisotopic (exact) mass is 443 g/mol. The molecule has 0 spiro atoms. The average Bonchev–Trinajstić information content (AvgIpc) is 3.25. The van der Waals surface area contributed by atoms with Crippen molar-refractivity contribution >= 4 is 32.7 Å². The SMILES string of the molecule is COc1cccc(CNC(=O)Cn2cnc3nc(N4CCCCC4)sc3c2=O)c1OC. The number of carbonyl (C=O) groups is 1. The van der Waals surface area contributed by atoms with Gasteiger partial charge in [-0.15, -0.1) is 0 Å². The van der Waals surface area contributed by atoms with Gasteiger partial charge in [0.25, 0.3) is 5.56 Å². The maximum absolute atomic E-state index is 12.9. The summed E-state index contributed by atoms with van der Waals surface area (Å²) >= 11 is 1.35. The number of methoxy groups -OCH3 is 2. The highest BCUT2D eigenvalue weighted by atomic mass is 32.1. The van der Waals surface area contributed by atoms with Gasteiger partial charge in [-0.3, -0.25) is 14.2 Å². The molecule has 9 nitrogen and oxygen atoms in total. The van der Waals surface area contributed by atoms with E-state index in [0.29, 0.717) is 21.8 Å². The van der Waals surface area contributed by atoms with Crippen LogP contribution in [0.5, 0.6) is 11.5 Å². The standard InChI is InChI=1S/C21H25N5O4S/c1-29-15-8-6-7-14(17(15)30-2)11-22-16(27)12-26-13-23-19-18(20(26)28)31-21(24-19)25-9-4-3-5-10-25/h6-8,13H,3-5,9-12H2,1-2H3,(H,22,27). The van der Waals surface area contributed by atoms with Gasteiger partial charge in [-0.05, 0) is 25.3 Å². The molecule has 1 fully saturated rings. The van der Waals surface area contributed by atoms with Crippen molar-refractivity contribution in [1.29, 1.82) is 0 Å². The lowest BCUT2D eigenvalue weighted by molar-refractivity contribution is -0.121. The number of amides is 1. The second kappa shape index (κ2) is 9.34. The number of thiazole rings is 1. The number of para-hydroxylation sites is 1. The van der Waals surface area contributed by atoms with Gasteiger partial charge in [0.05, 0.1) is 14.2 Å². The second-order valence-corrected chi connectivity index (χ2v) is 8.28. The number of ether oxygens (including phenoxy) is 2. The Bertz CT molecular complexity index is 1140. The zero-order valence-corrected chi connectivity index (χ0v) is 18.4. The highest BCUT2D eigenvalue weighted by molar-refractivity contribution is 7.22. The van der Waals surface area contributed by atoms with E-state index in [1.165, 1.54) is 28.7 Å². The number of rotatable bonds is 7. The largest absolute Gasteiger partial charge is 0.493 e. The van der Waals surface area contributed by atoms with Crippen LogP contribution in [0.2, 0.25) is 0 Å². The van der Waals surface area contributed by atoms with Crippen LogP contribution in [0, 0.1) is 0 Å². The topological polar surface area (TPSA) is 98.6 Å². The van der Waals surface area contributed by atoms with Crippen LogP contribution in [-0.4, -0.2) is 47.8 Å². The fourth-order valence-electron chi connectivity index (χ4n) is 3.67. The molecule has 0 atom stereocenters. The van der Waals surface area contributed by atoms with Crippen molar-refractivity contribution in [1.82, 2.24) is 19.9 Å². The predicted octanol–water partition coefficient (Wildman–Crippen LogP) is 2.18. The summed E-state index contributed by atoms with van der Waals surface area (Å²) < 4.78 is 12.5. The van der Waals surface area contributed by atoms with E-state index in [4.69, 9.17) is 9.47 Å². The van der Waals surface area contributed by atoms with Crippen LogP contribution in [0.4, 0.5) is 5.13 Å². The van der Waals surface area contributed by atoms with Gasteiger partial charge >= 0.3 is 0 Å². The molecule has 0 radical (unpaired) electrons. The minimum absolute atomic E-state index is 0.120. The lowest BCUT2D eigenvalue weighted by Crippen LogP contribution is -2.32. The molecule has 0 saturated carbocycles. The van der Waals surface area contributed by atoms with Crippen LogP contribution < -0.4 is 25.2 Å². The molecule has 1 aliphatic rings. The molecule has 1 aromatic carbocycles. The summed E-state index contributed by atoms with van der Waals surface area (Å²) in [7, 11) is 3.11.